The predicted octanol–water partition coefficient (Wildman–Crippen LogP) is 2.52. The second-order valence-electron chi connectivity index (χ2n) is 7.54. The van der Waals surface area contributed by atoms with Crippen LogP contribution in [0.25, 0.3) is 0 Å². The zero-order valence-corrected chi connectivity index (χ0v) is 16.7. The topological polar surface area (TPSA) is 65.8 Å². The van der Waals surface area contributed by atoms with E-state index in [1.54, 1.807) is 17.0 Å². The molecule has 1 N–H and O–H groups in total. The smallest absolute Gasteiger partial charge is 0.289 e. The number of amides is 2. The molecule has 3 rings (SSSR count). The highest BCUT2D eigenvalue weighted by atomic mass is 16.3. The molecule has 1 aliphatic heterocycles. The van der Waals surface area contributed by atoms with Crippen molar-refractivity contribution < 1.29 is 14.0 Å². The maximum absolute atomic E-state index is 12.3. The number of hydrogen-bond acceptors (Lipinski definition) is 4. The molecule has 1 aliphatic rings. The number of rotatable bonds is 7. The molecule has 0 atom stereocenters. The Labute approximate surface area is 166 Å². The normalized spacial score (nSPS) is 15.0. The molecule has 6 nitrogen and oxygen atoms in total. The highest BCUT2D eigenvalue weighted by Crippen LogP contribution is 2.14. The molecule has 150 valence electrons. The summed E-state index contributed by atoms with van der Waals surface area (Å²) in [6, 6.07) is 12.0. The van der Waals surface area contributed by atoms with Gasteiger partial charge in [0, 0.05) is 32.7 Å². The number of hydrogen-bond donors (Lipinski definition) is 1. The lowest BCUT2D eigenvalue weighted by molar-refractivity contribution is -0.122. The molecule has 0 radical (unpaired) electrons. The van der Waals surface area contributed by atoms with Gasteiger partial charge in [-0.2, -0.15) is 0 Å². The fraction of sp³-hybridized carbons (Fsp3) is 0.455. The van der Waals surface area contributed by atoms with Crippen LogP contribution in [-0.4, -0.2) is 60.9 Å². The molecule has 1 aromatic carbocycles. The van der Waals surface area contributed by atoms with Crippen molar-refractivity contribution in [2.75, 3.05) is 39.3 Å². The van der Waals surface area contributed by atoms with Crippen LogP contribution in [0.1, 0.15) is 41.4 Å². The van der Waals surface area contributed by atoms with Crippen molar-refractivity contribution in [1.29, 1.82) is 0 Å². The van der Waals surface area contributed by atoms with Crippen LogP contribution >= 0.6 is 0 Å². The van der Waals surface area contributed by atoms with Gasteiger partial charge in [0.05, 0.1) is 12.8 Å². The molecule has 28 heavy (non-hydrogen) atoms. The minimum atomic E-state index is -0.0856. The minimum Gasteiger partial charge on any atom is -0.459 e. The summed E-state index contributed by atoms with van der Waals surface area (Å²) in [7, 11) is 0. The first kappa shape index (κ1) is 20.1. The van der Waals surface area contributed by atoms with Crippen LogP contribution in [0.5, 0.6) is 0 Å². The summed E-state index contributed by atoms with van der Waals surface area (Å²) >= 11 is 0. The van der Waals surface area contributed by atoms with Crippen LogP contribution in [-0.2, 0) is 11.2 Å². The number of furan rings is 1. The molecular weight excluding hydrogens is 354 g/mol. The monoisotopic (exact) mass is 383 g/mol. The van der Waals surface area contributed by atoms with Crippen LogP contribution in [0.15, 0.2) is 47.1 Å². The van der Waals surface area contributed by atoms with E-state index in [2.05, 4.69) is 48.3 Å². The maximum atomic E-state index is 12.3. The van der Waals surface area contributed by atoms with Crippen LogP contribution < -0.4 is 5.32 Å². The minimum absolute atomic E-state index is 0.0320. The van der Waals surface area contributed by atoms with Crippen molar-refractivity contribution in [3.63, 3.8) is 0 Å². The van der Waals surface area contributed by atoms with E-state index >= 15 is 0 Å². The first-order valence-electron chi connectivity index (χ1n) is 9.93. The largest absolute Gasteiger partial charge is 0.459 e. The van der Waals surface area contributed by atoms with Gasteiger partial charge in [-0.1, -0.05) is 38.1 Å². The van der Waals surface area contributed by atoms with Crippen LogP contribution in [0.3, 0.4) is 0 Å². The Hall–Kier alpha value is -2.60. The molecule has 1 aromatic heterocycles. The Morgan fingerprint density at radius 1 is 1.07 bits per heavy atom. The van der Waals surface area contributed by atoms with E-state index in [1.165, 1.54) is 17.4 Å². The van der Waals surface area contributed by atoms with Gasteiger partial charge in [0.25, 0.3) is 5.91 Å². The van der Waals surface area contributed by atoms with Crippen molar-refractivity contribution in [1.82, 2.24) is 15.1 Å². The predicted molar refractivity (Wildman–Crippen MR) is 108 cm³/mol. The third-order valence-corrected chi connectivity index (χ3v) is 5.14. The van der Waals surface area contributed by atoms with Gasteiger partial charge in [-0.05, 0) is 35.6 Å². The molecule has 0 spiro atoms. The van der Waals surface area contributed by atoms with Crippen LogP contribution in [0.2, 0.25) is 0 Å². The van der Waals surface area contributed by atoms with E-state index in [4.69, 9.17) is 4.42 Å². The summed E-state index contributed by atoms with van der Waals surface area (Å²) in [5.74, 6) is 0.846. The van der Waals surface area contributed by atoms with E-state index in [0.29, 0.717) is 50.9 Å². The van der Waals surface area contributed by atoms with Gasteiger partial charge in [0.15, 0.2) is 5.76 Å². The van der Waals surface area contributed by atoms with Gasteiger partial charge in [-0.3, -0.25) is 14.5 Å². The summed E-state index contributed by atoms with van der Waals surface area (Å²) < 4.78 is 5.17. The highest BCUT2D eigenvalue weighted by molar-refractivity contribution is 5.91. The Kier molecular flexibility index (Phi) is 6.87. The van der Waals surface area contributed by atoms with E-state index in [0.717, 1.165) is 6.42 Å². The summed E-state index contributed by atoms with van der Waals surface area (Å²) in [6.07, 6.45) is 2.34. The Morgan fingerprint density at radius 3 is 2.39 bits per heavy atom. The summed E-state index contributed by atoms with van der Waals surface area (Å²) in [4.78, 5) is 28.3. The Bertz CT molecular complexity index is 761. The Morgan fingerprint density at radius 2 is 1.79 bits per heavy atom. The van der Waals surface area contributed by atoms with Gasteiger partial charge in [-0.15, -0.1) is 0 Å². The van der Waals surface area contributed by atoms with Crippen molar-refractivity contribution in [3.05, 3.63) is 59.5 Å². The number of nitrogens with one attached hydrogen (secondary N) is 1. The number of benzene rings is 1. The van der Waals surface area contributed by atoms with Gasteiger partial charge in [0.1, 0.15) is 0 Å². The molecular formula is C22H29N3O3. The summed E-state index contributed by atoms with van der Waals surface area (Å²) in [6.45, 7) is 7.97. The number of carbonyl (C=O) groups is 2. The quantitative estimate of drug-likeness (QED) is 0.798. The molecule has 2 aromatic rings. The number of nitrogens with zero attached hydrogens (tertiary/aromatic N) is 2. The molecule has 2 heterocycles. The molecule has 0 saturated carbocycles. The molecule has 0 bridgehead atoms. The first-order chi connectivity index (χ1) is 13.5. The number of carbonyl (C=O) groups excluding carboxylic acids is 2. The highest BCUT2D eigenvalue weighted by Gasteiger charge is 2.24. The molecule has 1 fully saturated rings. The first-order valence-corrected chi connectivity index (χ1v) is 9.93. The molecule has 0 unspecified atom stereocenters. The SMILES string of the molecule is CC(C)c1ccc(CCNC(=O)CN2CCN(C(=O)c3ccco3)CC2)cc1. The van der Waals surface area contributed by atoms with Crippen LogP contribution in [0.4, 0.5) is 0 Å². The standard InChI is InChI=1S/C22H29N3O3/c1-17(2)19-7-5-18(6-8-19)9-10-23-21(26)16-24-11-13-25(14-12-24)22(27)20-4-3-15-28-20/h3-8,15,17H,9-14,16H2,1-2H3,(H,23,26). The van der Waals surface area contributed by atoms with Crippen molar-refractivity contribution in [3.8, 4) is 0 Å². The van der Waals surface area contributed by atoms with Gasteiger partial charge in [0.2, 0.25) is 5.91 Å². The third kappa shape index (κ3) is 5.45. The lowest BCUT2D eigenvalue weighted by Gasteiger charge is -2.33. The average molecular weight is 383 g/mol. The average Bonchev–Trinajstić information content (AvgIpc) is 3.23. The van der Waals surface area contributed by atoms with Crippen molar-refractivity contribution in [2.24, 2.45) is 0 Å². The van der Waals surface area contributed by atoms with Gasteiger partial charge < -0.3 is 14.6 Å². The summed E-state index contributed by atoms with van der Waals surface area (Å²) in [5.41, 5.74) is 2.56. The molecule has 0 aliphatic carbocycles. The summed E-state index contributed by atoms with van der Waals surface area (Å²) in [5, 5.41) is 3.00. The molecule has 1 saturated heterocycles. The Balaban J connectivity index is 1.35. The zero-order valence-electron chi connectivity index (χ0n) is 16.7. The number of piperazine rings is 1. The lowest BCUT2D eigenvalue weighted by atomic mass is 10.0. The third-order valence-electron chi connectivity index (χ3n) is 5.14. The van der Waals surface area contributed by atoms with E-state index < -0.39 is 0 Å². The van der Waals surface area contributed by atoms with E-state index in [1.807, 2.05) is 0 Å². The molecule has 6 heteroatoms. The fourth-order valence-electron chi connectivity index (χ4n) is 3.34. The maximum Gasteiger partial charge on any atom is 0.289 e. The van der Waals surface area contributed by atoms with Crippen molar-refractivity contribution in [2.45, 2.75) is 26.2 Å². The lowest BCUT2D eigenvalue weighted by Crippen LogP contribution is -2.51. The van der Waals surface area contributed by atoms with Gasteiger partial charge in [-0.25, -0.2) is 0 Å². The van der Waals surface area contributed by atoms with Crippen molar-refractivity contribution >= 4 is 11.8 Å². The zero-order chi connectivity index (χ0) is 19.9. The molecule has 2 amide bonds. The van der Waals surface area contributed by atoms with Gasteiger partial charge >= 0.3 is 0 Å². The second-order valence-corrected chi connectivity index (χ2v) is 7.54. The van der Waals surface area contributed by atoms with E-state index in [-0.39, 0.29) is 11.8 Å². The fourth-order valence-corrected chi connectivity index (χ4v) is 3.34. The van der Waals surface area contributed by atoms with Crippen LogP contribution in [0, 0.1) is 0 Å². The second kappa shape index (κ2) is 9.55. The van der Waals surface area contributed by atoms with E-state index in [9.17, 15) is 9.59 Å².